The van der Waals surface area contributed by atoms with E-state index in [9.17, 15) is 4.79 Å². The largest absolute Gasteiger partial charge is 0.324 e. The lowest BCUT2D eigenvalue weighted by Crippen LogP contribution is -2.06. The molecule has 2 aromatic rings. The Bertz CT molecular complexity index is 657. The SMILES string of the molecule is O=C1CCCCc2nc(Nc3cccc(Cl)c3)ncc21. The number of benzene rings is 1. The first-order chi connectivity index (χ1) is 9.72. The topological polar surface area (TPSA) is 54.9 Å². The molecule has 1 aliphatic rings. The molecule has 5 heteroatoms. The van der Waals surface area contributed by atoms with Crippen LogP contribution < -0.4 is 5.32 Å². The highest BCUT2D eigenvalue weighted by molar-refractivity contribution is 6.30. The number of Topliss-reactive ketones (excluding diaryl/α,β-unsaturated/α-hetero) is 1. The zero-order valence-corrected chi connectivity index (χ0v) is 11.7. The number of nitrogens with zero attached hydrogens (tertiary/aromatic N) is 2. The Balaban J connectivity index is 1.88. The van der Waals surface area contributed by atoms with E-state index in [4.69, 9.17) is 11.6 Å². The van der Waals surface area contributed by atoms with E-state index in [0.29, 0.717) is 23.0 Å². The van der Waals surface area contributed by atoms with Crippen LogP contribution in [0.5, 0.6) is 0 Å². The second kappa shape index (κ2) is 5.59. The van der Waals surface area contributed by atoms with Crippen LogP contribution in [0.25, 0.3) is 0 Å². The predicted molar refractivity (Wildman–Crippen MR) is 78.7 cm³/mol. The van der Waals surface area contributed by atoms with Crippen LogP contribution in [-0.4, -0.2) is 15.8 Å². The lowest BCUT2D eigenvalue weighted by molar-refractivity contribution is 0.0981. The standard InChI is InChI=1S/C15H14ClN3O/c16-10-4-3-5-11(8-10)18-15-17-9-12-13(19-15)6-1-2-7-14(12)20/h3-5,8-9H,1-2,6-7H2,(H,17,18,19). The number of aromatic nitrogens is 2. The fourth-order valence-electron chi connectivity index (χ4n) is 2.31. The Morgan fingerprint density at radius 1 is 1.20 bits per heavy atom. The molecule has 0 spiro atoms. The molecular weight excluding hydrogens is 274 g/mol. The molecule has 20 heavy (non-hydrogen) atoms. The highest BCUT2D eigenvalue weighted by Gasteiger charge is 2.17. The smallest absolute Gasteiger partial charge is 0.227 e. The van der Waals surface area contributed by atoms with Gasteiger partial charge in [0.15, 0.2) is 5.78 Å². The maximum absolute atomic E-state index is 11.9. The Labute approximate surface area is 122 Å². The second-order valence-corrected chi connectivity index (χ2v) is 5.26. The minimum absolute atomic E-state index is 0.145. The van der Waals surface area contributed by atoms with Crippen LogP contribution in [0, 0.1) is 0 Å². The summed E-state index contributed by atoms with van der Waals surface area (Å²) in [6.07, 6.45) is 4.97. The third-order valence-electron chi connectivity index (χ3n) is 3.32. The first kappa shape index (κ1) is 13.1. The van der Waals surface area contributed by atoms with Crippen LogP contribution in [-0.2, 0) is 6.42 Å². The third-order valence-corrected chi connectivity index (χ3v) is 3.55. The predicted octanol–water partition coefficient (Wildman–Crippen LogP) is 3.78. The third kappa shape index (κ3) is 2.80. The van der Waals surface area contributed by atoms with E-state index >= 15 is 0 Å². The molecule has 0 aliphatic heterocycles. The van der Waals surface area contributed by atoms with Gasteiger partial charge in [-0.1, -0.05) is 17.7 Å². The van der Waals surface area contributed by atoms with Crippen molar-refractivity contribution in [2.45, 2.75) is 25.7 Å². The molecule has 0 saturated heterocycles. The van der Waals surface area contributed by atoms with Crippen LogP contribution in [0.1, 0.15) is 35.3 Å². The number of halogens is 1. The number of carbonyl (C=O) groups is 1. The molecule has 1 aliphatic carbocycles. The van der Waals surface area contributed by atoms with Crippen molar-refractivity contribution in [2.24, 2.45) is 0 Å². The number of nitrogens with one attached hydrogen (secondary N) is 1. The highest BCUT2D eigenvalue weighted by Crippen LogP contribution is 2.22. The summed E-state index contributed by atoms with van der Waals surface area (Å²) in [4.78, 5) is 20.6. The molecular formula is C15H14ClN3O. The molecule has 4 nitrogen and oxygen atoms in total. The van der Waals surface area contributed by atoms with Gasteiger partial charge >= 0.3 is 0 Å². The molecule has 102 valence electrons. The molecule has 0 amide bonds. The number of rotatable bonds is 2. The van der Waals surface area contributed by atoms with Gasteiger partial charge in [-0.2, -0.15) is 0 Å². The Morgan fingerprint density at radius 3 is 2.90 bits per heavy atom. The lowest BCUT2D eigenvalue weighted by Gasteiger charge is -2.08. The van der Waals surface area contributed by atoms with Gasteiger partial charge in [0.25, 0.3) is 0 Å². The summed E-state index contributed by atoms with van der Waals surface area (Å²) in [5, 5.41) is 3.76. The van der Waals surface area contributed by atoms with Gasteiger partial charge in [-0.25, -0.2) is 9.97 Å². The minimum Gasteiger partial charge on any atom is -0.324 e. The van der Waals surface area contributed by atoms with Gasteiger partial charge in [-0.15, -0.1) is 0 Å². The van der Waals surface area contributed by atoms with Gasteiger partial charge in [0.1, 0.15) is 0 Å². The number of anilines is 2. The van der Waals surface area contributed by atoms with Crippen molar-refractivity contribution in [3.8, 4) is 0 Å². The summed E-state index contributed by atoms with van der Waals surface area (Å²) in [6, 6.07) is 7.37. The summed E-state index contributed by atoms with van der Waals surface area (Å²) in [6.45, 7) is 0. The fraction of sp³-hybridized carbons (Fsp3) is 0.267. The van der Waals surface area contributed by atoms with Crippen molar-refractivity contribution in [2.75, 3.05) is 5.32 Å². The zero-order valence-electron chi connectivity index (χ0n) is 10.9. The minimum atomic E-state index is 0.145. The average molecular weight is 288 g/mol. The molecule has 1 N–H and O–H groups in total. The number of hydrogen-bond acceptors (Lipinski definition) is 4. The van der Waals surface area contributed by atoms with Crippen molar-refractivity contribution in [3.05, 3.63) is 46.7 Å². The van der Waals surface area contributed by atoms with E-state index in [2.05, 4.69) is 15.3 Å². The van der Waals surface area contributed by atoms with Crippen LogP contribution in [0.2, 0.25) is 5.02 Å². The first-order valence-electron chi connectivity index (χ1n) is 6.64. The normalized spacial score (nSPS) is 14.6. The van der Waals surface area contributed by atoms with Gasteiger partial charge in [0.2, 0.25) is 5.95 Å². The first-order valence-corrected chi connectivity index (χ1v) is 7.02. The summed E-state index contributed by atoms with van der Waals surface area (Å²) in [7, 11) is 0. The monoisotopic (exact) mass is 287 g/mol. The van der Waals surface area contributed by atoms with Crippen molar-refractivity contribution in [3.63, 3.8) is 0 Å². The fourth-order valence-corrected chi connectivity index (χ4v) is 2.50. The van der Waals surface area contributed by atoms with Gasteiger partial charge < -0.3 is 5.32 Å². The van der Waals surface area contributed by atoms with Crippen LogP contribution in [0.4, 0.5) is 11.6 Å². The number of carbonyl (C=O) groups excluding carboxylic acids is 1. The number of fused-ring (bicyclic) bond motifs is 1. The molecule has 3 rings (SSSR count). The Kier molecular flexibility index (Phi) is 3.65. The molecule has 0 fully saturated rings. The Morgan fingerprint density at radius 2 is 2.05 bits per heavy atom. The van der Waals surface area contributed by atoms with E-state index < -0.39 is 0 Å². The maximum Gasteiger partial charge on any atom is 0.227 e. The second-order valence-electron chi connectivity index (χ2n) is 4.82. The lowest BCUT2D eigenvalue weighted by atomic mass is 10.1. The zero-order chi connectivity index (χ0) is 13.9. The number of aryl methyl sites for hydroxylation is 1. The molecule has 0 saturated carbocycles. The average Bonchev–Trinajstić information content (AvgIpc) is 2.61. The van der Waals surface area contributed by atoms with Crippen LogP contribution >= 0.6 is 11.6 Å². The van der Waals surface area contributed by atoms with E-state index in [1.54, 1.807) is 6.20 Å². The summed E-state index contributed by atoms with van der Waals surface area (Å²) < 4.78 is 0. The summed E-state index contributed by atoms with van der Waals surface area (Å²) >= 11 is 5.94. The van der Waals surface area contributed by atoms with Crippen molar-refractivity contribution in [1.29, 1.82) is 0 Å². The molecule has 0 atom stereocenters. The molecule has 1 heterocycles. The quantitative estimate of drug-likeness (QED) is 0.854. The van der Waals surface area contributed by atoms with Crippen molar-refractivity contribution < 1.29 is 4.79 Å². The van der Waals surface area contributed by atoms with Crippen LogP contribution in [0.3, 0.4) is 0 Å². The van der Waals surface area contributed by atoms with Crippen molar-refractivity contribution >= 4 is 29.0 Å². The number of hydrogen-bond donors (Lipinski definition) is 1. The van der Waals surface area contributed by atoms with E-state index in [0.717, 1.165) is 30.6 Å². The van der Waals surface area contributed by atoms with E-state index in [-0.39, 0.29) is 5.78 Å². The van der Waals surface area contributed by atoms with Crippen LogP contribution in [0.15, 0.2) is 30.5 Å². The van der Waals surface area contributed by atoms with Crippen molar-refractivity contribution in [1.82, 2.24) is 9.97 Å². The number of ketones is 1. The van der Waals surface area contributed by atoms with E-state index in [1.807, 2.05) is 24.3 Å². The van der Waals surface area contributed by atoms with Gasteiger partial charge in [0.05, 0.1) is 11.3 Å². The molecule has 1 aromatic carbocycles. The highest BCUT2D eigenvalue weighted by atomic mass is 35.5. The molecule has 1 aromatic heterocycles. The summed E-state index contributed by atoms with van der Waals surface area (Å²) in [5.74, 6) is 0.646. The molecule has 0 unspecified atom stereocenters. The summed E-state index contributed by atoms with van der Waals surface area (Å²) in [5.41, 5.74) is 2.34. The van der Waals surface area contributed by atoms with Gasteiger partial charge in [-0.05, 0) is 37.5 Å². The van der Waals surface area contributed by atoms with Gasteiger partial charge in [0, 0.05) is 23.3 Å². The van der Waals surface area contributed by atoms with Gasteiger partial charge in [-0.3, -0.25) is 4.79 Å². The molecule has 0 radical (unpaired) electrons. The molecule has 0 bridgehead atoms. The Hall–Kier alpha value is -1.94. The van der Waals surface area contributed by atoms with E-state index in [1.165, 1.54) is 0 Å². The maximum atomic E-state index is 11.9.